The van der Waals surface area contributed by atoms with E-state index >= 15 is 0 Å². The molecule has 1 aliphatic heterocycles. The lowest BCUT2D eigenvalue weighted by molar-refractivity contribution is -0.304. The fraction of sp³-hybridized carbons (Fsp3) is 0.562. The van der Waals surface area contributed by atoms with Crippen LogP contribution >= 0.6 is 0 Å². The lowest BCUT2D eigenvalue weighted by atomic mass is 9.74. The molecule has 1 aliphatic rings. The molecule has 39 heavy (non-hydrogen) atoms. The summed E-state index contributed by atoms with van der Waals surface area (Å²) in [6.45, 7) is 17.7. The quantitative estimate of drug-likeness (QED) is 0.327. The maximum Gasteiger partial charge on any atom is 0.314 e. The van der Waals surface area contributed by atoms with E-state index in [-0.39, 0.29) is 23.8 Å². The van der Waals surface area contributed by atoms with Crippen molar-refractivity contribution >= 4 is 30.4 Å². The molecule has 0 aliphatic carbocycles. The molecule has 0 radical (unpaired) electrons. The zero-order valence-electron chi connectivity index (χ0n) is 25.3. The average Bonchev–Trinajstić information content (AvgIpc) is 2.86. The van der Waals surface area contributed by atoms with E-state index in [4.69, 9.17) is 18.6 Å². The summed E-state index contributed by atoms with van der Waals surface area (Å²) in [4.78, 5) is 26.7. The highest BCUT2D eigenvalue weighted by Crippen LogP contribution is 2.44. The van der Waals surface area contributed by atoms with Crippen molar-refractivity contribution in [3.05, 3.63) is 60.7 Å². The Morgan fingerprint density at radius 2 is 1.46 bits per heavy atom. The Morgan fingerprint density at radius 1 is 0.974 bits per heavy atom. The van der Waals surface area contributed by atoms with Crippen molar-refractivity contribution in [2.75, 3.05) is 13.7 Å². The number of methoxy groups -OCH3 is 1. The van der Waals surface area contributed by atoms with E-state index in [2.05, 4.69) is 45.0 Å². The third-order valence-electron chi connectivity index (χ3n) is 7.91. The number of hydrogen-bond donors (Lipinski definition) is 0. The highest BCUT2D eigenvalue weighted by Gasteiger charge is 2.58. The Hall–Kier alpha value is -2.32. The predicted molar refractivity (Wildman–Crippen MR) is 157 cm³/mol. The van der Waals surface area contributed by atoms with E-state index in [1.807, 2.05) is 71.0 Å². The van der Waals surface area contributed by atoms with Gasteiger partial charge >= 0.3 is 5.97 Å². The highest BCUT2D eigenvalue weighted by molar-refractivity contribution is 6.99. The topological polar surface area (TPSA) is 71.1 Å². The zero-order chi connectivity index (χ0) is 29.3. The Morgan fingerprint density at radius 3 is 1.87 bits per heavy atom. The van der Waals surface area contributed by atoms with Gasteiger partial charge in [-0.15, -0.1) is 0 Å². The monoisotopic (exact) mass is 554 g/mol. The van der Waals surface area contributed by atoms with Crippen molar-refractivity contribution in [1.82, 2.24) is 0 Å². The van der Waals surface area contributed by atoms with E-state index in [0.29, 0.717) is 0 Å². The molecule has 2 aromatic rings. The smallest absolute Gasteiger partial charge is 0.314 e. The first-order valence-corrected chi connectivity index (χ1v) is 15.6. The third kappa shape index (κ3) is 6.22. The van der Waals surface area contributed by atoms with Crippen LogP contribution in [-0.4, -0.2) is 51.3 Å². The summed E-state index contributed by atoms with van der Waals surface area (Å²) < 4.78 is 25.3. The molecule has 1 unspecified atom stereocenters. The first-order valence-electron chi connectivity index (χ1n) is 13.7. The largest absolute Gasteiger partial charge is 0.460 e. The summed E-state index contributed by atoms with van der Waals surface area (Å²) in [6, 6.07) is 20.7. The van der Waals surface area contributed by atoms with Gasteiger partial charge in [0.25, 0.3) is 8.32 Å². The molecule has 0 aromatic heterocycles. The van der Waals surface area contributed by atoms with Gasteiger partial charge in [-0.1, -0.05) is 95.3 Å². The van der Waals surface area contributed by atoms with Gasteiger partial charge in [-0.2, -0.15) is 0 Å². The van der Waals surface area contributed by atoms with Gasteiger partial charge in [0, 0.05) is 7.11 Å². The van der Waals surface area contributed by atoms with E-state index in [9.17, 15) is 9.59 Å². The summed E-state index contributed by atoms with van der Waals surface area (Å²) >= 11 is 0. The Bertz CT molecular complexity index is 1090. The fourth-order valence-corrected chi connectivity index (χ4v) is 9.94. The van der Waals surface area contributed by atoms with Crippen molar-refractivity contribution in [1.29, 1.82) is 0 Å². The van der Waals surface area contributed by atoms with Crippen molar-refractivity contribution in [2.45, 2.75) is 91.3 Å². The molecule has 0 N–H and O–H groups in total. The Balaban J connectivity index is 2.05. The molecule has 214 valence electrons. The van der Waals surface area contributed by atoms with Crippen LogP contribution in [0.25, 0.3) is 0 Å². The highest BCUT2D eigenvalue weighted by atomic mass is 28.4. The first-order chi connectivity index (χ1) is 18.0. The second-order valence-electron chi connectivity index (χ2n) is 13.2. The van der Waals surface area contributed by atoms with Gasteiger partial charge in [-0.3, -0.25) is 9.59 Å². The van der Waals surface area contributed by atoms with Crippen LogP contribution in [0.15, 0.2) is 60.7 Å². The second kappa shape index (κ2) is 11.3. The summed E-state index contributed by atoms with van der Waals surface area (Å²) in [6.07, 6.45) is -0.697. The number of Topliss-reactive ketones (excluding diaryl/α,β-unsaturated/α-hetero) is 1. The van der Waals surface area contributed by atoms with Gasteiger partial charge < -0.3 is 18.6 Å². The molecule has 1 fully saturated rings. The number of benzene rings is 2. The van der Waals surface area contributed by atoms with Gasteiger partial charge in [0.15, 0.2) is 5.79 Å². The van der Waals surface area contributed by atoms with Crippen LogP contribution in [0.3, 0.4) is 0 Å². The fourth-order valence-electron chi connectivity index (χ4n) is 5.39. The average molecular weight is 555 g/mol. The lowest BCUT2D eigenvalue weighted by Crippen LogP contribution is -2.68. The van der Waals surface area contributed by atoms with Gasteiger partial charge in [0.2, 0.25) is 0 Å². The van der Waals surface area contributed by atoms with Crippen molar-refractivity contribution in [2.24, 2.45) is 11.3 Å². The van der Waals surface area contributed by atoms with E-state index < -0.39 is 43.1 Å². The Labute approximate surface area is 235 Å². The van der Waals surface area contributed by atoms with Gasteiger partial charge in [-0.05, 0) is 43.1 Å². The number of rotatable bonds is 8. The summed E-state index contributed by atoms with van der Waals surface area (Å²) in [7, 11) is -1.40. The summed E-state index contributed by atoms with van der Waals surface area (Å²) in [5, 5.41) is 2.05. The molecule has 1 heterocycles. The lowest BCUT2D eigenvalue weighted by Gasteiger charge is -2.50. The minimum absolute atomic E-state index is 0.0398. The molecule has 2 aromatic carbocycles. The summed E-state index contributed by atoms with van der Waals surface area (Å²) in [5.41, 5.74) is -1.52. The zero-order valence-corrected chi connectivity index (χ0v) is 26.3. The molecule has 3 rings (SSSR count). The number of ether oxygens (including phenoxy) is 3. The Kier molecular flexibility index (Phi) is 9.02. The van der Waals surface area contributed by atoms with Crippen LogP contribution in [0.5, 0.6) is 0 Å². The number of carbonyl (C=O) groups excluding carboxylic acids is 2. The predicted octanol–water partition coefficient (Wildman–Crippen LogP) is 5.27. The van der Waals surface area contributed by atoms with Gasteiger partial charge in [-0.25, -0.2) is 0 Å². The van der Waals surface area contributed by atoms with E-state index in [0.717, 1.165) is 10.4 Å². The number of carbonyl (C=O) groups is 2. The molecule has 0 spiro atoms. The first kappa shape index (κ1) is 31.2. The molecular weight excluding hydrogens is 508 g/mol. The molecule has 0 bridgehead atoms. The van der Waals surface area contributed by atoms with Crippen LogP contribution in [0.1, 0.15) is 68.7 Å². The molecule has 0 amide bonds. The van der Waals surface area contributed by atoms with Crippen LogP contribution in [-0.2, 0) is 28.2 Å². The van der Waals surface area contributed by atoms with E-state index in [1.54, 1.807) is 6.92 Å². The molecule has 0 saturated carbocycles. The third-order valence-corrected chi connectivity index (χ3v) is 12.9. The van der Waals surface area contributed by atoms with Crippen LogP contribution < -0.4 is 10.4 Å². The summed E-state index contributed by atoms with van der Waals surface area (Å²) in [5.74, 6) is -2.78. The number of esters is 1. The van der Waals surface area contributed by atoms with Gasteiger partial charge in [0.1, 0.15) is 17.3 Å². The SMILES string of the molecule is CO[C@]1(C(C)C(=O)OC(C)(C)C)CC(=O)C(C)(C)[C@@H](CO[Si](c2ccccc2)(c2ccccc2)C(C)(C)C)O1. The standard InChI is InChI=1S/C32H46O6Si/c1-23(28(34)38-29(2,3)4)32(35-10)21-26(33)31(8,9)27(37-32)22-36-39(30(5,6)7,24-17-13-11-14-18-24)25-19-15-12-16-20-25/h11-20,23,27H,21-22H2,1-10H3/t23?,27-,32-/m1/s1. The maximum absolute atomic E-state index is 13.6. The number of hydrogen-bond acceptors (Lipinski definition) is 6. The van der Waals surface area contributed by atoms with Gasteiger partial charge in [0.05, 0.1) is 24.5 Å². The van der Waals surface area contributed by atoms with Crippen LogP contribution in [0.4, 0.5) is 0 Å². The minimum Gasteiger partial charge on any atom is -0.460 e. The van der Waals surface area contributed by atoms with Crippen molar-refractivity contribution in [3.8, 4) is 0 Å². The number of ketones is 1. The molecular formula is C32H46O6Si. The minimum atomic E-state index is -2.88. The van der Waals surface area contributed by atoms with E-state index in [1.165, 1.54) is 7.11 Å². The van der Waals surface area contributed by atoms with Crippen molar-refractivity contribution in [3.63, 3.8) is 0 Å². The van der Waals surface area contributed by atoms with Crippen LogP contribution in [0.2, 0.25) is 5.04 Å². The molecule has 1 saturated heterocycles. The maximum atomic E-state index is 13.6. The molecule has 7 heteroatoms. The van der Waals surface area contributed by atoms with Crippen LogP contribution in [0, 0.1) is 11.3 Å². The second-order valence-corrected chi connectivity index (χ2v) is 17.5. The normalized spacial score (nSPS) is 22.8. The molecule has 6 nitrogen and oxygen atoms in total. The molecule has 3 atom stereocenters. The van der Waals surface area contributed by atoms with Crippen molar-refractivity contribution < 1.29 is 28.2 Å².